The van der Waals surface area contributed by atoms with Crippen LogP contribution in [-0.4, -0.2) is 6.61 Å². The molecule has 2 rings (SSSR count). The number of rotatable bonds is 2. The van der Waals surface area contributed by atoms with Crippen LogP contribution < -0.4 is 16.2 Å². The largest absolute Gasteiger partial charge is 0.491 e. The van der Waals surface area contributed by atoms with Gasteiger partial charge in [-0.2, -0.15) is 0 Å². The third kappa shape index (κ3) is 1.56. The lowest BCUT2D eigenvalue weighted by molar-refractivity contribution is 0.346. The van der Waals surface area contributed by atoms with Gasteiger partial charge in [-0.1, -0.05) is 24.3 Å². The average molecular weight is 202 g/mol. The SMILES string of the molecule is CCOc1c(N)c(N)cc2ccccc12. The van der Waals surface area contributed by atoms with Gasteiger partial charge >= 0.3 is 0 Å². The van der Waals surface area contributed by atoms with Gasteiger partial charge in [0.05, 0.1) is 18.0 Å². The third-order valence-corrected chi connectivity index (χ3v) is 2.36. The quantitative estimate of drug-likeness (QED) is 0.735. The van der Waals surface area contributed by atoms with Gasteiger partial charge in [-0.15, -0.1) is 0 Å². The first-order valence-corrected chi connectivity index (χ1v) is 4.93. The maximum absolute atomic E-state index is 5.88. The number of anilines is 2. The number of nitrogens with two attached hydrogens (primary N) is 2. The van der Waals surface area contributed by atoms with Crippen molar-refractivity contribution >= 4 is 22.1 Å². The molecule has 0 saturated carbocycles. The Balaban J connectivity index is 2.77. The van der Waals surface area contributed by atoms with Crippen LogP contribution in [0.15, 0.2) is 30.3 Å². The number of ether oxygens (including phenoxy) is 1. The lowest BCUT2D eigenvalue weighted by Gasteiger charge is -2.12. The monoisotopic (exact) mass is 202 g/mol. The van der Waals surface area contributed by atoms with Crippen LogP contribution in [0.3, 0.4) is 0 Å². The highest BCUT2D eigenvalue weighted by Crippen LogP contribution is 2.36. The van der Waals surface area contributed by atoms with Crippen molar-refractivity contribution in [2.45, 2.75) is 6.92 Å². The standard InChI is InChI=1S/C12H14N2O/c1-2-15-12-9-6-4-3-5-8(9)7-10(13)11(12)14/h3-7H,2,13-14H2,1H3. The number of hydrogen-bond acceptors (Lipinski definition) is 3. The van der Waals surface area contributed by atoms with E-state index < -0.39 is 0 Å². The van der Waals surface area contributed by atoms with Crippen molar-refractivity contribution in [2.24, 2.45) is 0 Å². The van der Waals surface area contributed by atoms with Crippen LogP contribution in [0.5, 0.6) is 5.75 Å². The Kier molecular flexibility index (Phi) is 2.37. The first kappa shape index (κ1) is 9.65. The number of hydrogen-bond donors (Lipinski definition) is 2. The minimum Gasteiger partial charge on any atom is -0.491 e. The molecule has 3 nitrogen and oxygen atoms in total. The molecule has 78 valence electrons. The fourth-order valence-electron chi connectivity index (χ4n) is 1.65. The molecule has 4 N–H and O–H groups in total. The van der Waals surface area contributed by atoms with E-state index in [1.54, 1.807) is 0 Å². The van der Waals surface area contributed by atoms with Gasteiger partial charge in [-0.05, 0) is 18.4 Å². The molecule has 0 aliphatic heterocycles. The minimum absolute atomic E-state index is 0.524. The summed E-state index contributed by atoms with van der Waals surface area (Å²) in [5, 5.41) is 2.05. The molecule has 0 aromatic heterocycles. The van der Waals surface area contributed by atoms with E-state index in [1.165, 1.54) is 0 Å². The van der Waals surface area contributed by atoms with Crippen molar-refractivity contribution in [1.82, 2.24) is 0 Å². The van der Waals surface area contributed by atoms with Crippen LogP contribution in [0.1, 0.15) is 6.92 Å². The fourth-order valence-corrected chi connectivity index (χ4v) is 1.65. The van der Waals surface area contributed by atoms with E-state index >= 15 is 0 Å². The predicted molar refractivity (Wildman–Crippen MR) is 63.9 cm³/mol. The maximum Gasteiger partial charge on any atom is 0.152 e. The summed E-state index contributed by atoms with van der Waals surface area (Å²) < 4.78 is 5.53. The van der Waals surface area contributed by atoms with Gasteiger partial charge in [0.1, 0.15) is 0 Å². The van der Waals surface area contributed by atoms with Gasteiger partial charge in [-0.3, -0.25) is 0 Å². The van der Waals surface area contributed by atoms with E-state index in [-0.39, 0.29) is 0 Å². The third-order valence-electron chi connectivity index (χ3n) is 2.36. The topological polar surface area (TPSA) is 61.3 Å². The molecule has 0 fully saturated rings. The highest BCUT2D eigenvalue weighted by Gasteiger charge is 2.09. The molecule has 0 bridgehead atoms. The Morgan fingerprint density at radius 1 is 1.20 bits per heavy atom. The lowest BCUT2D eigenvalue weighted by Crippen LogP contribution is -2.01. The van der Waals surface area contributed by atoms with Crippen LogP contribution in [0.4, 0.5) is 11.4 Å². The highest BCUT2D eigenvalue weighted by molar-refractivity contribution is 5.98. The van der Waals surface area contributed by atoms with Crippen LogP contribution in [0.2, 0.25) is 0 Å². The molecular formula is C12H14N2O. The van der Waals surface area contributed by atoms with E-state index in [4.69, 9.17) is 16.2 Å². The summed E-state index contributed by atoms with van der Waals surface area (Å²) in [5.41, 5.74) is 12.8. The Labute approximate surface area is 88.6 Å². The van der Waals surface area contributed by atoms with Crippen molar-refractivity contribution in [3.8, 4) is 5.75 Å². The Morgan fingerprint density at radius 2 is 1.93 bits per heavy atom. The van der Waals surface area contributed by atoms with Crippen LogP contribution in [-0.2, 0) is 0 Å². The number of nitrogen functional groups attached to an aromatic ring is 2. The molecule has 2 aromatic rings. The van der Waals surface area contributed by atoms with Gasteiger partial charge in [0.2, 0.25) is 0 Å². The van der Waals surface area contributed by atoms with E-state index in [2.05, 4.69) is 0 Å². The van der Waals surface area contributed by atoms with Crippen LogP contribution >= 0.6 is 0 Å². The fraction of sp³-hybridized carbons (Fsp3) is 0.167. The maximum atomic E-state index is 5.88. The zero-order valence-electron chi connectivity index (χ0n) is 8.66. The van der Waals surface area contributed by atoms with Crippen molar-refractivity contribution in [2.75, 3.05) is 18.1 Å². The van der Waals surface area contributed by atoms with Crippen LogP contribution in [0.25, 0.3) is 10.8 Å². The summed E-state index contributed by atoms with van der Waals surface area (Å²) in [6, 6.07) is 9.77. The molecule has 3 heteroatoms. The van der Waals surface area contributed by atoms with Gasteiger partial charge in [-0.25, -0.2) is 0 Å². The average Bonchev–Trinajstić information content (AvgIpc) is 2.25. The molecule has 2 aromatic carbocycles. The van der Waals surface area contributed by atoms with E-state index in [1.807, 2.05) is 37.3 Å². The van der Waals surface area contributed by atoms with Crippen molar-refractivity contribution in [3.05, 3.63) is 30.3 Å². The molecule has 0 amide bonds. The molecule has 0 spiro atoms. The normalized spacial score (nSPS) is 10.5. The number of fused-ring (bicyclic) bond motifs is 1. The van der Waals surface area contributed by atoms with Crippen molar-refractivity contribution in [3.63, 3.8) is 0 Å². The Morgan fingerprint density at radius 3 is 2.67 bits per heavy atom. The van der Waals surface area contributed by atoms with Gasteiger partial charge in [0.15, 0.2) is 5.75 Å². The molecule has 0 saturated heterocycles. The second-order valence-corrected chi connectivity index (χ2v) is 3.36. The smallest absolute Gasteiger partial charge is 0.152 e. The molecule has 0 heterocycles. The summed E-state index contributed by atoms with van der Waals surface area (Å²) in [6.45, 7) is 2.51. The molecule has 0 radical (unpaired) electrons. The zero-order valence-corrected chi connectivity index (χ0v) is 8.66. The second-order valence-electron chi connectivity index (χ2n) is 3.36. The van der Waals surface area contributed by atoms with Crippen LogP contribution in [0, 0.1) is 0 Å². The van der Waals surface area contributed by atoms with E-state index in [0.717, 1.165) is 10.8 Å². The molecule has 0 aliphatic rings. The molecule has 0 unspecified atom stereocenters. The summed E-state index contributed by atoms with van der Waals surface area (Å²) in [7, 11) is 0. The molecule has 0 atom stereocenters. The Hall–Kier alpha value is -1.90. The second kappa shape index (κ2) is 3.69. The zero-order chi connectivity index (χ0) is 10.8. The van der Waals surface area contributed by atoms with Crippen molar-refractivity contribution < 1.29 is 4.74 Å². The molecular weight excluding hydrogens is 188 g/mol. The summed E-state index contributed by atoms with van der Waals surface area (Å²) >= 11 is 0. The first-order valence-electron chi connectivity index (χ1n) is 4.93. The summed E-state index contributed by atoms with van der Waals surface area (Å²) in [6.07, 6.45) is 0. The van der Waals surface area contributed by atoms with Gasteiger partial charge in [0.25, 0.3) is 0 Å². The minimum atomic E-state index is 0.524. The first-order chi connectivity index (χ1) is 7.24. The van der Waals surface area contributed by atoms with Gasteiger partial charge in [0, 0.05) is 5.39 Å². The number of benzene rings is 2. The van der Waals surface area contributed by atoms with E-state index in [0.29, 0.717) is 23.7 Å². The summed E-state index contributed by atoms with van der Waals surface area (Å²) in [5.74, 6) is 0.688. The summed E-state index contributed by atoms with van der Waals surface area (Å²) in [4.78, 5) is 0. The Bertz CT molecular complexity index is 494. The lowest BCUT2D eigenvalue weighted by atomic mass is 10.1. The van der Waals surface area contributed by atoms with Gasteiger partial charge < -0.3 is 16.2 Å². The predicted octanol–water partition coefficient (Wildman–Crippen LogP) is 2.40. The van der Waals surface area contributed by atoms with E-state index in [9.17, 15) is 0 Å². The van der Waals surface area contributed by atoms with Crippen molar-refractivity contribution in [1.29, 1.82) is 0 Å². The molecule has 15 heavy (non-hydrogen) atoms. The molecule has 0 aliphatic carbocycles. The highest BCUT2D eigenvalue weighted by atomic mass is 16.5.